The highest BCUT2D eigenvalue weighted by atomic mass is 17.1. The van der Waals surface area contributed by atoms with Crippen molar-refractivity contribution in [3.63, 3.8) is 0 Å². The molecule has 3 rings (SSSR count). The SMILES string of the molecule is C=C1CC[C@@H]2O[C@@]2(C)CC[C@@H]2C[C@@H](OC(=O)[C@H]2C)[C@@](C)(O)CC[C@@H]1OO. The lowest BCUT2D eigenvalue weighted by Gasteiger charge is -2.41. The van der Waals surface area contributed by atoms with E-state index < -0.39 is 17.8 Å². The lowest BCUT2D eigenvalue weighted by Crippen LogP contribution is -2.49. The van der Waals surface area contributed by atoms with Crippen molar-refractivity contribution < 1.29 is 29.5 Å². The standard InChI is InChI=1S/C20H32O6/c1-12-5-6-16-20(4,25-16)10-7-14-11-17(24-18(21)13(14)2)19(3,22)9-8-15(12)26-23/h13-17,22-23H,1,5-11H2,2-4H3/t13-,14+,15-,16-,17+,19-,20-/m0/s1. The number of ether oxygens (including phenoxy) is 2. The van der Waals surface area contributed by atoms with Gasteiger partial charge in [-0.3, -0.25) is 10.1 Å². The zero-order valence-electron chi connectivity index (χ0n) is 16.1. The largest absolute Gasteiger partial charge is 0.459 e. The van der Waals surface area contributed by atoms with Crippen molar-refractivity contribution in [2.24, 2.45) is 11.8 Å². The van der Waals surface area contributed by atoms with Gasteiger partial charge in [-0.25, -0.2) is 4.89 Å². The third-order valence-electron chi connectivity index (χ3n) is 6.82. The van der Waals surface area contributed by atoms with Gasteiger partial charge in [0.2, 0.25) is 0 Å². The van der Waals surface area contributed by atoms with Gasteiger partial charge in [0.15, 0.2) is 0 Å². The van der Waals surface area contributed by atoms with Crippen LogP contribution in [0.5, 0.6) is 0 Å². The molecule has 6 heteroatoms. The summed E-state index contributed by atoms with van der Waals surface area (Å²) in [4.78, 5) is 16.9. The Labute approximate surface area is 155 Å². The normalized spacial score (nSPS) is 47.5. The molecule has 3 fully saturated rings. The predicted octanol–water partition coefficient (Wildman–Crippen LogP) is 3.23. The number of carbonyl (C=O) groups excluding carboxylic acids is 1. The van der Waals surface area contributed by atoms with Crippen molar-refractivity contribution in [1.82, 2.24) is 0 Å². The van der Waals surface area contributed by atoms with Crippen molar-refractivity contribution in [3.05, 3.63) is 12.2 Å². The minimum Gasteiger partial charge on any atom is -0.459 e. The highest BCUT2D eigenvalue weighted by Crippen LogP contribution is 2.46. The third-order valence-corrected chi connectivity index (χ3v) is 6.82. The van der Waals surface area contributed by atoms with Crippen LogP contribution in [0.1, 0.15) is 65.7 Å². The first-order valence-corrected chi connectivity index (χ1v) is 9.75. The minimum atomic E-state index is -1.17. The van der Waals surface area contributed by atoms with Gasteiger partial charge in [-0.15, -0.1) is 0 Å². The van der Waals surface area contributed by atoms with E-state index in [9.17, 15) is 15.2 Å². The van der Waals surface area contributed by atoms with Gasteiger partial charge in [0.05, 0.1) is 23.2 Å². The highest BCUT2D eigenvalue weighted by Gasteiger charge is 2.52. The monoisotopic (exact) mass is 368 g/mol. The van der Waals surface area contributed by atoms with Crippen LogP contribution in [0.25, 0.3) is 0 Å². The zero-order valence-corrected chi connectivity index (χ0v) is 16.1. The van der Waals surface area contributed by atoms with E-state index in [0.717, 1.165) is 24.8 Å². The van der Waals surface area contributed by atoms with Crippen LogP contribution in [-0.2, 0) is 19.2 Å². The molecule has 7 atom stereocenters. The fourth-order valence-electron chi connectivity index (χ4n) is 4.46. The lowest BCUT2D eigenvalue weighted by atomic mass is 9.76. The van der Waals surface area contributed by atoms with Crippen LogP contribution in [-0.4, -0.2) is 45.8 Å². The number of hydrogen-bond donors (Lipinski definition) is 2. The van der Waals surface area contributed by atoms with Gasteiger partial charge in [0.1, 0.15) is 12.2 Å². The highest BCUT2D eigenvalue weighted by molar-refractivity contribution is 5.73. The van der Waals surface area contributed by atoms with E-state index in [1.807, 2.05) is 6.92 Å². The molecule has 6 nitrogen and oxygen atoms in total. The molecule has 2 bridgehead atoms. The molecule has 3 aliphatic rings. The van der Waals surface area contributed by atoms with E-state index in [-0.39, 0.29) is 29.5 Å². The van der Waals surface area contributed by atoms with Crippen molar-refractivity contribution in [1.29, 1.82) is 0 Å². The summed E-state index contributed by atoms with van der Waals surface area (Å²) in [5.41, 5.74) is -0.526. The molecule has 2 N–H and O–H groups in total. The molecule has 0 aromatic rings. The number of fused-ring (bicyclic) bond motifs is 3. The van der Waals surface area contributed by atoms with E-state index in [4.69, 9.17) is 9.47 Å². The summed E-state index contributed by atoms with van der Waals surface area (Å²) in [6, 6.07) is 0. The Morgan fingerprint density at radius 2 is 1.92 bits per heavy atom. The predicted molar refractivity (Wildman–Crippen MR) is 95.4 cm³/mol. The number of hydrogen-bond acceptors (Lipinski definition) is 6. The van der Waals surface area contributed by atoms with Crippen LogP contribution in [0.4, 0.5) is 0 Å². The molecule has 0 spiro atoms. The van der Waals surface area contributed by atoms with E-state index in [1.54, 1.807) is 6.92 Å². The summed E-state index contributed by atoms with van der Waals surface area (Å²) in [7, 11) is 0. The molecule has 1 saturated carbocycles. The van der Waals surface area contributed by atoms with Crippen LogP contribution in [0.3, 0.4) is 0 Å². The zero-order chi connectivity index (χ0) is 19.1. The second-order valence-corrected chi connectivity index (χ2v) is 8.85. The average molecular weight is 368 g/mol. The number of epoxide rings is 1. The topological polar surface area (TPSA) is 88.5 Å². The van der Waals surface area contributed by atoms with Crippen LogP contribution >= 0.6 is 0 Å². The Balaban J connectivity index is 1.79. The van der Waals surface area contributed by atoms with Gasteiger partial charge in [0, 0.05) is 0 Å². The van der Waals surface area contributed by atoms with Gasteiger partial charge in [-0.2, -0.15) is 0 Å². The molecule has 26 heavy (non-hydrogen) atoms. The smallest absolute Gasteiger partial charge is 0.309 e. The first-order chi connectivity index (χ1) is 12.2. The van der Waals surface area contributed by atoms with E-state index in [2.05, 4.69) is 18.4 Å². The number of rotatable bonds is 1. The Kier molecular flexibility index (Phi) is 5.50. The molecular weight excluding hydrogens is 336 g/mol. The maximum absolute atomic E-state index is 12.3. The van der Waals surface area contributed by atoms with Gasteiger partial charge in [-0.05, 0) is 70.3 Å². The number of aliphatic hydroxyl groups is 1. The summed E-state index contributed by atoms with van der Waals surface area (Å²) < 4.78 is 11.5. The van der Waals surface area contributed by atoms with E-state index in [0.29, 0.717) is 25.7 Å². The minimum absolute atomic E-state index is 0.154. The second-order valence-electron chi connectivity index (χ2n) is 8.85. The third kappa shape index (κ3) is 3.98. The van der Waals surface area contributed by atoms with Crippen LogP contribution in [0.15, 0.2) is 12.2 Å². The maximum atomic E-state index is 12.3. The Bertz CT molecular complexity index is 559. The number of esters is 1. The summed E-state index contributed by atoms with van der Waals surface area (Å²) >= 11 is 0. The summed E-state index contributed by atoms with van der Waals surface area (Å²) in [6.45, 7) is 9.76. The van der Waals surface area contributed by atoms with Gasteiger partial charge in [-0.1, -0.05) is 13.5 Å². The maximum Gasteiger partial charge on any atom is 0.309 e. The molecule has 0 amide bonds. The van der Waals surface area contributed by atoms with Crippen LogP contribution in [0.2, 0.25) is 0 Å². The van der Waals surface area contributed by atoms with Crippen LogP contribution < -0.4 is 0 Å². The average Bonchev–Trinajstić information content (AvgIpc) is 3.24. The van der Waals surface area contributed by atoms with Crippen molar-refractivity contribution in [2.75, 3.05) is 0 Å². The molecule has 148 valence electrons. The lowest BCUT2D eigenvalue weighted by molar-refractivity contribution is -0.272. The van der Waals surface area contributed by atoms with Crippen molar-refractivity contribution in [3.8, 4) is 0 Å². The molecular formula is C20H32O6. The molecule has 1 aliphatic carbocycles. The molecule has 2 aliphatic heterocycles. The first kappa shape index (κ1) is 19.8. The Morgan fingerprint density at radius 1 is 1.19 bits per heavy atom. The molecule has 2 heterocycles. The van der Waals surface area contributed by atoms with E-state index >= 15 is 0 Å². The Morgan fingerprint density at radius 3 is 2.62 bits per heavy atom. The fraction of sp³-hybridized carbons (Fsp3) is 0.850. The van der Waals surface area contributed by atoms with Crippen molar-refractivity contribution in [2.45, 2.75) is 95.2 Å². The number of carbonyl (C=O) groups is 1. The summed E-state index contributed by atoms with van der Waals surface area (Å²) in [5, 5.41) is 20.2. The fourth-order valence-corrected chi connectivity index (χ4v) is 4.46. The molecule has 0 unspecified atom stereocenters. The van der Waals surface area contributed by atoms with Gasteiger partial charge < -0.3 is 14.6 Å². The quantitative estimate of drug-likeness (QED) is 0.243. The molecule has 0 radical (unpaired) electrons. The summed E-state index contributed by atoms with van der Waals surface area (Å²) in [6.07, 6.45) is 3.85. The van der Waals surface area contributed by atoms with Crippen molar-refractivity contribution >= 4 is 5.97 Å². The second kappa shape index (κ2) is 7.23. The Hall–Kier alpha value is -0.950. The first-order valence-electron chi connectivity index (χ1n) is 9.75. The summed E-state index contributed by atoms with van der Waals surface area (Å²) in [5.74, 6) is -0.224. The van der Waals surface area contributed by atoms with Crippen LogP contribution in [0, 0.1) is 11.8 Å². The van der Waals surface area contributed by atoms with E-state index in [1.165, 1.54) is 0 Å². The molecule has 0 aromatic carbocycles. The van der Waals surface area contributed by atoms with Gasteiger partial charge >= 0.3 is 5.97 Å². The molecule has 2 saturated heterocycles. The van der Waals surface area contributed by atoms with Gasteiger partial charge in [0.25, 0.3) is 0 Å². The molecule has 0 aromatic heterocycles.